The summed E-state index contributed by atoms with van der Waals surface area (Å²) in [6, 6.07) is 79.8. The van der Waals surface area contributed by atoms with Crippen LogP contribution in [0.15, 0.2) is 218 Å². The molecule has 0 atom stereocenters. The van der Waals surface area contributed by atoms with E-state index < -0.39 is 0 Å². The monoisotopic (exact) mass is 764 g/mol. The number of anilines is 3. The molecule has 0 bridgehead atoms. The molecule has 9 aromatic carbocycles. The average molecular weight is 765 g/mol. The molecule has 4 nitrogen and oxygen atoms in total. The Labute approximate surface area is 346 Å². The van der Waals surface area contributed by atoms with Crippen LogP contribution in [-0.4, -0.2) is 13.7 Å². The van der Waals surface area contributed by atoms with Gasteiger partial charge in [0.15, 0.2) is 0 Å². The Hall–Kier alpha value is -8.08. The SMILES string of the molecule is c1ccc(N2c3ccccc3-c3c(n(-c4ccc5c(c4)c4cc(-n6c7ccccc7c7ccccc76)ccc4n5-c4ccccc4)c4ccccc34)-c3ccccc32)cc1. The Morgan fingerprint density at radius 2 is 0.667 bits per heavy atom. The van der Waals surface area contributed by atoms with Gasteiger partial charge in [0.2, 0.25) is 0 Å². The predicted octanol–water partition coefficient (Wildman–Crippen LogP) is 14.9. The highest BCUT2D eigenvalue weighted by molar-refractivity contribution is 6.15. The molecule has 0 amide bonds. The molecule has 4 heterocycles. The highest BCUT2D eigenvalue weighted by Crippen LogP contribution is 2.54. The molecular formula is C56H36N4. The highest BCUT2D eigenvalue weighted by atomic mass is 15.2. The Balaban J connectivity index is 1.13. The van der Waals surface area contributed by atoms with Gasteiger partial charge in [-0.15, -0.1) is 0 Å². The van der Waals surface area contributed by atoms with Crippen LogP contribution in [0.4, 0.5) is 17.1 Å². The lowest BCUT2D eigenvalue weighted by Crippen LogP contribution is -2.11. The van der Waals surface area contributed by atoms with Crippen LogP contribution >= 0.6 is 0 Å². The second kappa shape index (κ2) is 12.7. The minimum atomic E-state index is 1.12. The molecule has 0 aliphatic carbocycles. The third-order valence-electron chi connectivity index (χ3n) is 12.5. The molecule has 3 aromatic heterocycles. The summed E-state index contributed by atoms with van der Waals surface area (Å²) in [4.78, 5) is 2.43. The number of para-hydroxylation sites is 7. The zero-order chi connectivity index (χ0) is 39.3. The molecule has 0 saturated heterocycles. The molecule has 0 radical (unpaired) electrons. The number of rotatable bonds is 4. The van der Waals surface area contributed by atoms with E-state index in [1.807, 2.05) is 0 Å². The van der Waals surface area contributed by atoms with Gasteiger partial charge in [-0.3, -0.25) is 0 Å². The van der Waals surface area contributed by atoms with Gasteiger partial charge < -0.3 is 18.6 Å². The van der Waals surface area contributed by atoms with Crippen LogP contribution in [0.2, 0.25) is 0 Å². The van der Waals surface area contributed by atoms with E-state index in [1.165, 1.54) is 76.9 Å². The second-order valence-corrected chi connectivity index (χ2v) is 15.7. The molecule has 12 aromatic rings. The first kappa shape index (κ1) is 32.9. The smallest absolute Gasteiger partial charge is 0.0641 e. The third-order valence-corrected chi connectivity index (χ3v) is 12.5. The molecule has 13 rings (SSSR count). The van der Waals surface area contributed by atoms with Crippen LogP contribution < -0.4 is 4.90 Å². The zero-order valence-electron chi connectivity index (χ0n) is 32.6. The van der Waals surface area contributed by atoms with Crippen LogP contribution in [0.3, 0.4) is 0 Å². The Kier molecular flexibility index (Phi) is 6.98. The fourth-order valence-electron chi connectivity index (χ4n) is 10.1. The van der Waals surface area contributed by atoms with E-state index in [0.717, 1.165) is 34.1 Å². The van der Waals surface area contributed by atoms with Crippen molar-refractivity contribution in [1.82, 2.24) is 13.7 Å². The number of aromatic nitrogens is 3. The van der Waals surface area contributed by atoms with Gasteiger partial charge in [-0.25, -0.2) is 0 Å². The molecular weight excluding hydrogens is 729 g/mol. The predicted molar refractivity (Wildman–Crippen MR) is 251 cm³/mol. The quantitative estimate of drug-likeness (QED) is 0.175. The number of hydrogen-bond acceptors (Lipinski definition) is 1. The summed E-state index contributed by atoms with van der Waals surface area (Å²) in [6.07, 6.45) is 0. The van der Waals surface area contributed by atoms with E-state index in [0.29, 0.717) is 0 Å². The first-order valence-corrected chi connectivity index (χ1v) is 20.6. The Morgan fingerprint density at radius 1 is 0.250 bits per heavy atom. The summed E-state index contributed by atoms with van der Waals surface area (Å²) in [6.45, 7) is 0. The van der Waals surface area contributed by atoms with Gasteiger partial charge in [-0.1, -0.05) is 127 Å². The first-order chi connectivity index (χ1) is 29.8. The van der Waals surface area contributed by atoms with Crippen molar-refractivity contribution >= 4 is 71.6 Å². The number of nitrogens with zero attached hydrogens (tertiary/aromatic N) is 4. The molecule has 280 valence electrons. The maximum atomic E-state index is 2.51. The van der Waals surface area contributed by atoms with Crippen molar-refractivity contribution in [3.05, 3.63) is 218 Å². The van der Waals surface area contributed by atoms with Crippen LogP contribution in [0, 0.1) is 0 Å². The second-order valence-electron chi connectivity index (χ2n) is 15.7. The zero-order valence-corrected chi connectivity index (χ0v) is 32.6. The maximum absolute atomic E-state index is 2.51. The minimum Gasteiger partial charge on any atom is -0.309 e. The van der Waals surface area contributed by atoms with Crippen molar-refractivity contribution in [3.8, 4) is 39.4 Å². The number of benzene rings is 9. The van der Waals surface area contributed by atoms with Crippen molar-refractivity contribution in [3.63, 3.8) is 0 Å². The van der Waals surface area contributed by atoms with Crippen LogP contribution in [0.25, 0.3) is 94.0 Å². The maximum Gasteiger partial charge on any atom is 0.0641 e. The van der Waals surface area contributed by atoms with Crippen molar-refractivity contribution in [1.29, 1.82) is 0 Å². The first-order valence-electron chi connectivity index (χ1n) is 20.6. The highest BCUT2D eigenvalue weighted by Gasteiger charge is 2.31. The average Bonchev–Trinajstić information content (AvgIpc) is 3.92. The van der Waals surface area contributed by atoms with Crippen molar-refractivity contribution < 1.29 is 0 Å². The summed E-state index contributed by atoms with van der Waals surface area (Å²) in [7, 11) is 0. The lowest BCUT2D eigenvalue weighted by atomic mass is 9.98. The molecule has 0 spiro atoms. The fraction of sp³-hybridized carbons (Fsp3) is 0. The Morgan fingerprint density at radius 3 is 1.28 bits per heavy atom. The molecule has 1 aliphatic heterocycles. The van der Waals surface area contributed by atoms with E-state index in [-0.39, 0.29) is 0 Å². The van der Waals surface area contributed by atoms with Gasteiger partial charge in [0.25, 0.3) is 0 Å². The summed E-state index contributed by atoms with van der Waals surface area (Å²) >= 11 is 0. The molecule has 60 heavy (non-hydrogen) atoms. The summed E-state index contributed by atoms with van der Waals surface area (Å²) < 4.78 is 7.35. The van der Waals surface area contributed by atoms with Crippen LogP contribution in [0.1, 0.15) is 0 Å². The molecule has 0 N–H and O–H groups in total. The van der Waals surface area contributed by atoms with E-state index in [9.17, 15) is 0 Å². The van der Waals surface area contributed by atoms with E-state index in [1.54, 1.807) is 0 Å². The number of hydrogen-bond donors (Lipinski definition) is 0. The van der Waals surface area contributed by atoms with E-state index >= 15 is 0 Å². The summed E-state index contributed by atoms with van der Waals surface area (Å²) in [5.41, 5.74) is 17.6. The minimum absolute atomic E-state index is 1.12. The van der Waals surface area contributed by atoms with Gasteiger partial charge in [0.05, 0.1) is 44.7 Å². The Bertz CT molecular complexity index is 3610. The fourth-order valence-corrected chi connectivity index (χ4v) is 10.1. The van der Waals surface area contributed by atoms with Crippen LogP contribution in [-0.2, 0) is 0 Å². The molecule has 0 fully saturated rings. The topological polar surface area (TPSA) is 18.0 Å². The van der Waals surface area contributed by atoms with E-state index in [2.05, 4.69) is 237 Å². The molecule has 0 saturated carbocycles. The van der Waals surface area contributed by atoms with Gasteiger partial charge in [-0.05, 0) is 91.0 Å². The normalized spacial score (nSPS) is 12.3. The lowest BCUT2D eigenvalue weighted by molar-refractivity contribution is 1.13. The van der Waals surface area contributed by atoms with Crippen molar-refractivity contribution in [2.75, 3.05) is 4.90 Å². The van der Waals surface area contributed by atoms with E-state index in [4.69, 9.17) is 0 Å². The standard InChI is InChI=1S/C56H36N4/c1-3-17-37(18-4-1)57-50-28-14-9-23-43(50)55-44-24-10-15-29-51(44)60(56(55)45-25-11-16-30-52(45)57)40-32-34-54-47(36-40)46-35-39(31-33-53(46)58(54)38-19-5-2-6-20-38)59-48-26-12-7-21-41(48)42-22-8-13-27-49(42)59/h1-36H. The molecule has 0 unspecified atom stereocenters. The third kappa shape index (κ3) is 4.61. The van der Waals surface area contributed by atoms with Crippen LogP contribution in [0.5, 0.6) is 0 Å². The molecule has 1 aliphatic rings. The van der Waals surface area contributed by atoms with Gasteiger partial charge in [0.1, 0.15) is 0 Å². The summed E-state index contributed by atoms with van der Waals surface area (Å²) in [5.74, 6) is 0. The van der Waals surface area contributed by atoms with Gasteiger partial charge >= 0.3 is 0 Å². The van der Waals surface area contributed by atoms with Crippen molar-refractivity contribution in [2.45, 2.75) is 0 Å². The van der Waals surface area contributed by atoms with Gasteiger partial charge in [0, 0.05) is 66.4 Å². The summed E-state index contributed by atoms with van der Waals surface area (Å²) in [5, 5.41) is 6.16. The number of fused-ring (bicyclic) bond motifs is 13. The lowest BCUT2D eigenvalue weighted by Gasteiger charge is -2.27. The van der Waals surface area contributed by atoms with Gasteiger partial charge in [-0.2, -0.15) is 0 Å². The van der Waals surface area contributed by atoms with Crippen molar-refractivity contribution in [2.24, 2.45) is 0 Å². The molecule has 4 heteroatoms. The largest absolute Gasteiger partial charge is 0.309 e.